The summed E-state index contributed by atoms with van der Waals surface area (Å²) in [7, 11) is 1.72. The van der Waals surface area contributed by atoms with Crippen LogP contribution in [-0.4, -0.2) is 35.3 Å². The van der Waals surface area contributed by atoms with E-state index in [0.29, 0.717) is 18.5 Å². The maximum atomic E-state index is 13.1. The molecule has 146 valence electrons. The zero-order chi connectivity index (χ0) is 20.5. The Labute approximate surface area is 170 Å². The van der Waals surface area contributed by atoms with Crippen LogP contribution in [-0.2, 0) is 11.2 Å². The monoisotopic (exact) mass is 385 g/mol. The number of hydrogen-bond acceptors (Lipinski definition) is 3. The van der Waals surface area contributed by atoms with Gasteiger partial charge in [0.15, 0.2) is 0 Å². The first-order valence-corrected chi connectivity index (χ1v) is 9.42. The molecule has 0 spiro atoms. The zero-order valence-electron chi connectivity index (χ0n) is 16.3. The van der Waals surface area contributed by atoms with Gasteiger partial charge in [0, 0.05) is 37.5 Å². The number of likely N-dealkylation sites (N-methyl/N-ethyl adjacent to an activating group) is 1. The van der Waals surface area contributed by atoms with Crippen molar-refractivity contribution in [3.8, 4) is 0 Å². The third-order valence-corrected chi connectivity index (χ3v) is 4.40. The summed E-state index contributed by atoms with van der Waals surface area (Å²) in [4.78, 5) is 31.6. The third-order valence-electron chi connectivity index (χ3n) is 4.40. The molecule has 0 aliphatic carbocycles. The van der Waals surface area contributed by atoms with E-state index in [0.717, 1.165) is 11.3 Å². The van der Waals surface area contributed by atoms with Crippen LogP contribution in [0.3, 0.4) is 0 Å². The largest absolute Gasteiger partial charge is 0.340 e. The van der Waals surface area contributed by atoms with Crippen LogP contribution in [0.5, 0.6) is 0 Å². The van der Waals surface area contributed by atoms with E-state index in [1.807, 2.05) is 54.6 Å². The fourth-order valence-corrected chi connectivity index (χ4v) is 2.79. The van der Waals surface area contributed by atoms with Gasteiger partial charge in [-0.15, -0.1) is 0 Å². The lowest BCUT2D eigenvalue weighted by Crippen LogP contribution is -2.37. The number of rotatable bonds is 7. The van der Waals surface area contributed by atoms with E-state index < -0.39 is 0 Å². The Morgan fingerprint density at radius 1 is 0.931 bits per heavy atom. The molecular weight excluding hydrogens is 362 g/mol. The summed E-state index contributed by atoms with van der Waals surface area (Å²) in [6.07, 6.45) is 4.06. The van der Waals surface area contributed by atoms with Crippen molar-refractivity contribution in [1.82, 2.24) is 15.2 Å². The summed E-state index contributed by atoms with van der Waals surface area (Å²) in [5.74, 6) is -0.576. The van der Waals surface area contributed by atoms with E-state index in [1.165, 1.54) is 0 Å². The Morgan fingerprint density at radius 2 is 1.59 bits per heavy atom. The summed E-state index contributed by atoms with van der Waals surface area (Å²) in [6.45, 7) is 0.489. The Balaban J connectivity index is 1.77. The maximum Gasteiger partial charge on any atom is 0.270 e. The molecule has 29 heavy (non-hydrogen) atoms. The Kier molecular flexibility index (Phi) is 6.90. The molecule has 0 radical (unpaired) electrons. The summed E-state index contributed by atoms with van der Waals surface area (Å²) in [5, 5.41) is 2.78. The number of amides is 2. The van der Waals surface area contributed by atoms with Gasteiger partial charge in [-0.2, -0.15) is 0 Å². The number of nitrogens with one attached hydrogen (secondary N) is 1. The van der Waals surface area contributed by atoms with E-state index >= 15 is 0 Å². The van der Waals surface area contributed by atoms with Crippen LogP contribution in [0.25, 0.3) is 6.08 Å². The van der Waals surface area contributed by atoms with Crippen molar-refractivity contribution in [2.45, 2.75) is 6.42 Å². The van der Waals surface area contributed by atoms with Crippen LogP contribution in [0.15, 0.2) is 90.8 Å². The minimum atomic E-state index is -0.320. The SMILES string of the molecule is CN(CCc1ccccn1)C(=O)/C(=C\c1ccccc1)NC(=O)c1ccccc1. The van der Waals surface area contributed by atoms with Gasteiger partial charge in [-0.1, -0.05) is 54.6 Å². The number of carbonyl (C=O) groups excluding carboxylic acids is 2. The molecule has 1 heterocycles. The number of benzene rings is 2. The lowest BCUT2D eigenvalue weighted by Gasteiger charge is -2.19. The first kappa shape index (κ1) is 20.0. The molecule has 0 fully saturated rings. The predicted octanol–water partition coefficient (Wildman–Crippen LogP) is 3.55. The second kappa shape index (κ2) is 9.99. The minimum absolute atomic E-state index is 0.230. The summed E-state index contributed by atoms with van der Waals surface area (Å²) in [5.41, 5.74) is 2.47. The van der Waals surface area contributed by atoms with Gasteiger partial charge < -0.3 is 10.2 Å². The molecule has 5 nitrogen and oxygen atoms in total. The molecule has 0 saturated carbocycles. The smallest absolute Gasteiger partial charge is 0.270 e. The highest BCUT2D eigenvalue weighted by molar-refractivity contribution is 6.05. The van der Waals surface area contributed by atoms with Gasteiger partial charge in [0.25, 0.3) is 11.8 Å². The second-order valence-electron chi connectivity index (χ2n) is 6.59. The average Bonchev–Trinajstić information content (AvgIpc) is 2.78. The van der Waals surface area contributed by atoms with Crippen molar-refractivity contribution in [3.05, 3.63) is 108 Å². The van der Waals surface area contributed by atoms with Gasteiger partial charge in [0.2, 0.25) is 0 Å². The second-order valence-corrected chi connectivity index (χ2v) is 6.59. The average molecular weight is 385 g/mol. The van der Waals surface area contributed by atoms with Crippen LogP contribution in [0, 0.1) is 0 Å². The summed E-state index contributed by atoms with van der Waals surface area (Å²) >= 11 is 0. The highest BCUT2D eigenvalue weighted by atomic mass is 16.2. The molecule has 0 atom stereocenters. The summed E-state index contributed by atoms with van der Waals surface area (Å²) in [6, 6.07) is 24.0. The minimum Gasteiger partial charge on any atom is -0.340 e. The molecule has 0 bridgehead atoms. The Morgan fingerprint density at radius 3 is 2.24 bits per heavy atom. The molecular formula is C24H23N3O2. The van der Waals surface area contributed by atoms with Crippen molar-refractivity contribution in [2.75, 3.05) is 13.6 Å². The Bertz CT molecular complexity index is 971. The zero-order valence-corrected chi connectivity index (χ0v) is 16.3. The van der Waals surface area contributed by atoms with E-state index in [-0.39, 0.29) is 17.5 Å². The first-order chi connectivity index (χ1) is 14.1. The number of aromatic nitrogens is 1. The van der Waals surface area contributed by atoms with E-state index in [4.69, 9.17) is 0 Å². The van der Waals surface area contributed by atoms with Gasteiger partial charge in [0.05, 0.1) is 0 Å². The van der Waals surface area contributed by atoms with Crippen molar-refractivity contribution < 1.29 is 9.59 Å². The van der Waals surface area contributed by atoms with Gasteiger partial charge in [-0.3, -0.25) is 14.6 Å². The van der Waals surface area contributed by atoms with Crippen LogP contribution in [0.1, 0.15) is 21.6 Å². The fraction of sp³-hybridized carbons (Fsp3) is 0.125. The quantitative estimate of drug-likeness (QED) is 0.633. The topological polar surface area (TPSA) is 62.3 Å². The van der Waals surface area contributed by atoms with Gasteiger partial charge in [-0.05, 0) is 35.9 Å². The molecule has 1 N–H and O–H groups in total. The molecule has 3 rings (SSSR count). The van der Waals surface area contributed by atoms with Gasteiger partial charge in [0.1, 0.15) is 5.70 Å². The molecule has 2 aromatic carbocycles. The molecule has 2 amide bonds. The number of hydrogen-bond donors (Lipinski definition) is 1. The number of carbonyl (C=O) groups is 2. The number of nitrogens with zero attached hydrogens (tertiary/aromatic N) is 2. The maximum absolute atomic E-state index is 13.1. The highest BCUT2D eigenvalue weighted by Crippen LogP contribution is 2.09. The van der Waals surface area contributed by atoms with Gasteiger partial charge in [-0.25, -0.2) is 0 Å². The van der Waals surface area contributed by atoms with Crippen molar-refractivity contribution in [1.29, 1.82) is 0 Å². The van der Waals surface area contributed by atoms with Gasteiger partial charge >= 0.3 is 0 Å². The molecule has 0 unspecified atom stereocenters. The van der Waals surface area contributed by atoms with E-state index in [9.17, 15) is 9.59 Å². The molecule has 0 saturated heterocycles. The van der Waals surface area contributed by atoms with Crippen molar-refractivity contribution >= 4 is 17.9 Å². The number of pyridine rings is 1. The fourth-order valence-electron chi connectivity index (χ4n) is 2.79. The van der Waals surface area contributed by atoms with Crippen LogP contribution in [0.4, 0.5) is 0 Å². The molecule has 1 aromatic heterocycles. The third kappa shape index (κ3) is 5.87. The van der Waals surface area contributed by atoms with Crippen LogP contribution >= 0.6 is 0 Å². The van der Waals surface area contributed by atoms with Crippen molar-refractivity contribution in [3.63, 3.8) is 0 Å². The lowest BCUT2D eigenvalue weighted by molar-refractivity contribution is -0.126. The molecule has 3 aromatic rings. The molecule has 0 aliphatic rings. The molecule has 0 aliphatic heterocycles. The van der Waals surface area contributed by atoms with Crippen molar-refractivity contribution in [2.24, 2.45) is 0 Å². The normalized spacial score (nSPS) is 11.0. The highest BCUT2D eigenvalue weighted by Gasteiger charge is 2.18. The lowest BCUT2D eigenvalue weighted by atomic mass is 10.1. The first-order valence-electron chi connectivity index (χ1n) is 9.42. The van der Waals surface area contributed by atoms with Crippen LogP contribution < -0.4 is 5.32 Å². The molecule has 5 heteroatoms. The van der Waals surface area contributed by atoms with Crippen LogP contribution in [0.2, 0.25) is 0 Å². The Hall–Kier alpha value is -3.73. The predicted molar refractivity (Wildman–Crippen MR) is 114 cm³/mol. The van der Waals surface area contributed by atoms with E-state index in [1.54, 1.807) is 48.5 Å². The summed E-state index contributed by atoms with van der Waals surface area (Å²) < 4.78 is 0. The standard InChI is InChI=1S/C24H23N3O2/c1-27(17-15-21-14-8-9-16-25-21)24(29)22(18-19-10-4-2-5-11-19)26-23(28)20-12-6-3-7-13-20/h2-14,16,18H,15,17H2,1H3,(H,26,28)/b22-18+. The van der Waals surface area contributed by atoms with E-state index in [2.05, 4.69) is 10.3 Å².